The van der Waals surface area contributed by atoms with E-state index in [1.54, 1.807) is 18.2 Å². The van der Waals surface area contributed by atoms with Crippen LogP contribution in [0.25, 0.3) is 0 Å². The maximum absolute atomic E-state index is 13.1. The van der Waals surface area contributed by atoms with Gasteiger partial charge in [-0.3, -0.25) is 9.10 Å². The number of nitrogens with zero attached hydrogens (tertiary/aromatic N) is 1. The minimum Gasteiger partial charge on any atom is -0.324 e. The summed E-state index contributed by atoms with van der Waals surface area (Å²) in [6.45, 7) is 9.58. The van der Waals surface area contributed by atoms with Crippen LogP contribution in [0.4, 0.5) is 11.4 Å². The van der Waals surface area contributed by atoms with Crippen LogP contribution in [0.3, 0.4) is 0 Å². The topological polar surface area (TPSA) is 66.5 Å². The van der Waals surface area contributed by atoms with Gasteiger partial charge in [0.2, 0.25) is 15.9 Å². The van der Waals surface area contributed by atoms with E-state index in [9.17, 15) is 13.2 Å². The molecule has 0 bridgehead atoms. The minimum atomic E-state index is -3.64. The van der Waals surface area contributed by atoms with E-state index in [-0.39, 0.29) is 5.91 Å². The molecule has 2 aromatic carbocycles. The van der Waals surface area contributed by atoms with Crippen molar-refractivity contribution in [2.75, 3.05) is 15.9 Å². The fourth-order valence-corrected chi connectivity index (χ4v) is 4.61. The smallest absolute Gasteiger partial charge is 0.248 e. The molecule has 0 aliphatic carbocycles. The van der Waals surface area contributed by atoms with Crippen molar-refractivity contribution >= 4 is 27.3 Å². The molecular weight excluding hydrogens is 360 g/mol. The van der Waals surface area contributed by atoms with Gasteiger partial charge in [0.15, 0.2) is 0 Å². The quantitative estimate of drug-likeness (QED) is 0.810. The Labute approximate surface area is 162 Å². The Balaban J connectivity index is 2.44. The number of anilines is 2. The van der Waals surface area contributed by atoms with Gasteiger partial charge in [-0.1, -0.05) is 36.8 Å². The molecule has 27 heavy (non-hydrogen) atoms. The summed E-state index contributed by atoms with van der Waals surface area (Å²) in [6, 6.07) is 10.3. The molecule has 0 heterocycles. The van der Waals surface area contributed by atoms with E-state index in [1.807, 2.05) is 52.8 Å². The first-order chi connectivity index (χ1) is 12.5. The van der Waals surface area contributed by atoms with Gasteiger partial charge in [0.05, 0.1) is 11.9 Å². The van der Waals surface area contributed by atoms with Gasteiger partial charge in [0.1, 0.15) is 6.04 Å². The fourth-order valence-electron chi connectivity index (χ4n) is 3.41. The molecule has 2 rings (SSSR count). The molecule has 1 amide bonds. The molecule has 0 saturated heterocycles. The molecule has 0 radical (unpaired) electrons. The van der Waals surface area contributed by atoms with Crippen LogP contribution >= 0.6 is 0 Å². The summed E-state index contributed by atoms with van der Waals surface area (Å²) in [5, 5.41) is 2.95. The van der Waals surface area contributed by atoms with Crippen LogP contribution in [0.1, 0.15) is 35.6 Å². The number of benzene rings is 2. The maximum atomic E-state index is 13.1. The molecule has 2 aromatic rings. The molecule has 1 atom stereocenters. The Hall–Kier alpha value is -2.34. The molecule has 1 N–H and O–H groups in total. The third-order valence-electron chi connectivity index (χ3n) is 4.51. The fraction of sp³-hybridized carbons (Fsp3) is 0.381. The normalized spacial score (nSPS) is 12.5. The Kier molecular flexibility index (Phi) is 6.31. The van der Waals surface area contributed by atoms with Crippen LogP contribution in [0.15, 0.2) is 36.4 Å². The zero-order valence-corrected chi connectivity index (χ0v) is 17.6. The highest BCUT2D eigenvalue weighted by Crippen LogP contribution is 2.26. The number of hydrogen-bond acceptors (Lipinski definition) is 3. The van der Waals surface area contributed by atoms with Crippen LogP contribution in [0, 0.1) is 27.7 Å². The number of carbonyl (C=O) groups excluding carboxylic acids is 1. The van der Waals surface area contributed by atoms with Crippen molar-refractivity contribution < 1.29 is 13.2 Å². The number of sulfonamides is 1. The van der Waals surface area contributed by atoms with Crippen molar-refractivity contribution in [2.45, 2.75) is 47.1 Å². The maximum Gasteiger partial charge on any atom is 0.248 e. The zero-order chi connectivity index (χ0) is 20.4. The number of amides is 1. The van der Waals surface area contributed by atoms with Crippen LogP contribution < -0.4 is 9.62 Å². The average Bonchev–Trinajstić information content (AvgIpc) is 2.54. The highest BCUT2D eigenvalue weighted by molar-refractivity contribution is 7.92. The molecule has 146 valence electrons. The molecule has 0 aliphatic rings. The number of carbonyl (C=O) groups is 1. The zero-order valence-electron chi connectivity index (χ0n) is 16.8. The summed E-state index contributed by atoms with van der Waals surface area (Å²) in [5.74, 6) is -0.334. The molecule has 0 aliphatic heterocycles. The summed E-state index contributed by atoms with van der Waals surface area (Å²) in [7, 11) is -3.64. The van der Waals surface area contributed by atoms with Crippen molar-refractivity contribution in [1.82, 2.24) is 0 Å². The highest BCUT2D eigenvalue weighted by Gasteiger charge is 2.32. The van der Waals surface area contributed by atoms with Crippen molar-refractivity contribution in [3.8, 4) is 0 Å². The van der Waals surface area contributed by atoms with Gasteiger partial charge in [0.25, 0.3) is 0 Å². The van der Waals surface area contributed by atoms with E-state index < -0.39 is 16.1 Å². The standard InChI is InChI=1S/C21H28N2O3S/c1-7-19(21(24)22-20-16(4)11-15(3)12-17(20)5)23(27(6,25)26)18-10-8-9-14(2)13-18/h8-13,19H,7H2,1-6H3,(H,22,24). The molecule has 6 heteroatoms. The average molecular weight is 389 g/mol. The van der Waals surface area contributed by atoms with Gasteiger partial charge < -0.3 is 5.32 Å². The molecule has 0 fully saturated rings. The number of hydrogen-bond donors (Lipinski definition) is 1. The second-order valence-corrected chi connectivity index (χ2v) is 8.94. The van der Waals surface area contributed by atoms with E-state index in [1.165, 1.54) is 4.31 Å². The summed E-state index contributed by atoms with van der Waals surface area (Å²) < 4.78 is 26.3. The lowest BCUT2D eigenvalue weighted by Gasteiger charge is -2.30. The van der Waals surface area contributed by atoms with Crippen molar-refractivity contribution in [1.29, 1.82) is 0 Å². The lowest BCUT2D eigenvalue weighted by molar-refractivity contribution is -0.117. The molecule has 0 spiro atoms. The highest BCUT2D eigenvalue weighted by atomic mass is 32.2. The van der Waals surface area contributed by atoms with Gasteiger partial charge in [-0.15, -0.1) is 0 Å². The predicted molar refractivity (Wildman–Crippen MR) is 112 cm³/mol. The number of nitrogens with one attached hydrogen (secondary N) is 1. The summed E-state index contributed by atoms with van der Waals surface area (Å²) in [6.07, 6.45) is 1.49. The number of rotatable bonds is 6. The first-order valence-corrected chi connectivity index (χ1v) is 10.8. The summed E-state index contributed by atoms with van der Waals surface area (Å²) in [5.41, 5.74) is 5.20. The van der Waals surface area contributed by atoms with Crippen LogP contribution in [-0.4, -0.2) is 26.6 Å². The largest absolute Gasteiger partial charge is 0.324 e. The predicted octanol–water partition coefficient (Wildman–Crippen LogP) is 4.10. The molecule has 0 saturated carbocycles. The second kappa shape index (κ2) is 8.13. The van der Waals surface area contributed by atoms with E-state index in [2.05, 4.69) is 5.32 Å². The van der Waals surface area contributed by atoms with Gasteiger partial charge in [-0.2, -0.15) is 0 Å². The second-order valence-electron chi connectivity index (χ2n) is 7.08. The van der Waals surface area contributed by atoms with Crippen LogP contribution in [0.5, 0.6) is 0 Å². The van der Waals surface area contributed by atoms with Crippen LogP contribution in [-0.2, 0) is 14.8 Å². The summed E-state index contributed by atoms with van der Waals surface area (Å²) >= 11 is 0. The lowest BCUT2D eigenvalue weighted by atomic mass is 10.0. The van der Waals surface area contributed by atoms with Gasteiger partial charge in [-0.05, 0) is 62.9 Å². The Morgan fingerprint density at radius 3 is 2.11 bits per heavy atom. The molecule has 1 unspecified atom stereocenters. The number of aryl methyl sites for hydroxylation is 4. The Morgan fingerprint density at radius 1 is 1.04 bits per heavy atom. The van der Waals surface area contributed by atoms with E-state index >= 15 is 0 Å². The third-order valence-corrected chi connectivity index (χ3v) is 5.69. The molecule has 0 aromatic heterocycles. The van der Waals surface area contributed by atoms with Crippen molar-refractivity contribution in [2.24, 2.45) is 0 Å². The van der Waals surface area contributed by atoms with Crippen LogP contribution in [0.2, 0.25) is 0 Å². The summed E-state index contributed by atoms with van der Waals surface area (Å²) in [4.78, 5) is 13.1. The third kappa shape index (κ3) is 4.89. The molecule has 5 nitrogen and oxygen atoms in total. The van der Waals surface area contributed by atoms with Gasteiger partial charge >= 0.3 is 0 Å². The first-order valence-electron chi connectivity index (χ1n) is 8.99. The Morgan fingerprint density at radius 2 is 1.63 bits per heavy atom. The van der Waals surface area contributed by atoms with E-state index in [0.29, 0.717) is 12.1 Å². The van der Waals surface area contributed by atoms with E-state index in [4.69, 9.17) is 0 Å². The van der Waals surface area contributed by atoms with Gasteiger partial charge in [0, 0.05) is 5.69 Å². The lowest BCUT2D eigenvalue weighted by Crippen LogP contribution is -2.47. The van der Waals surface area contributed by atoms with Crippen molar-refractivity contribution in [3.63, 3.8) is 0 Å². The Bertz CT molecular complexity index is 929. The SMILES string of the molecule is CCC(C(=O)Nc1c(C)cc(C)cc1C)N(c1cccc(C)c1)S(C)(=O)=O. The monoisotopic (exact) mass is 388 g/mol. The van der Waals surface area contributed by atoms with Crippen molar-refractivity contribution in [3.05, 3.63) is 58.7 Å². The minimum absolute atomic E-state index is 0.334. The first kappa shape index (κ1) is 21.0. The molecular formula is C21H28N2O3S. The van der Waals surface area contributed by atoms with E-state index in [0.717, 1.165) is 34.2 Å². The van der Waals surface area contributed by atoms with Gasteiger partial charge in [-0.25, -0.2) is 8.42 Å².